The molecule has 3 amide bonds. The van der Waals surface area contributed by atoms with Crippen molar-refractivity contribution in [3.63, 3.8) is 0 Å². The summed E-state index contributed by atoms with van der Waals surface area (Å²) in [4.78, 5) is 55.7. The molecule has 0 radical (unpaired) electrons. The van der Waals surface area contributed by atoms with Gasteiger partial charge in [-0.3, -0.25) is 9.59 Å². The number of carbonyl (C=O) groups is 3. The number of nitrogens with zero attached hydrogens (tertiary/aromatic N) is 7. The van der Waals surface area contributed by atoms with Crippen LogP contribution in [0.25, 0.3) is 11.0 Å². The molecule has 1 saturated carbocycles. The van der Waals surface area contributed by atoms with Gasteiger partial charge in [-0.1, -0.05) is 12.8 Å². The summed E-state index contributed by atoms with van der Waals surface area (Å²) in [6.45, 7) is 0.981. The lowest BCUT2D eigenvalue weighted by Crippen LogP contribution is -2.61. The third-order valence-corrected chi connectivity index (χ3v) is 8.48. The van der Waals surface area contributed by atoms with Gasteiger partial charge in [0.25, 0.3) is 11.8 Å². The number of fused-ring (bicyclic) bond motifs is 3. The third-order valence-electron chi connectivity index (χ3n) is 8.48. The van der Waals surface area contributed by atoms with Gasteiger partial charge in [0, 0.05) is 75.9 Å². The summed E-state index contributed by atoms with van der Waals surface area (Å²) in [6.07, 6.45) is 5.79. The van der Waals surface area contributed by atoms with E-state index in [0.717, 1.165) is 31.1 Å². The molecule has 1 aliphatic carbocycles. The fourth-order valence-corrected chi connectivity index (χ4v) is 6.42. The van der Waals surface area contributed by atoms with E-state index in [4.69, 9.17) is 4.98 Å². The molecule has 2 atom stereocenters. The number of likely N-dealkylation sites (tertiary alicyclic amines) is 2. The number of aromatic nitrogens is 4. The average Bonchev–Trinajstić information content (AvgIpc) is 3.60. The highest BCUT2D eigenvalue weighted by Crippen LogP contribution is 2.35. The van der Waals surface area contributed by atoms with Crippen molar-refractivity contribution in [3.05, 3.63) is 41.9 Å². The Morgan fingerprint density at radius 2 is 1.66 bits per heavy atom. The Balaban J connectivity index is 1.19. The molecule has 3 aliphatic rings. The van der Waals surface area contributed by atoms with Crippen molar-refractivity contribution in [1.29, 1.82) is 0 Å². The zero-order valence-electron chi connectivity index (χ0n) is 23.1. The van der Waals surface area contributed by atoms with Gasteiger partial charge in [-0.05, 0) is 31.0 Å². The smallest absolute Gasteiger partial charge is 0.407 e. The molecule has 2 aliphatic heterocycles. The van der Waals surface area contributed by atoms with Crippen LogP contribution in [0, 0.1) is 11.8 Å². The number of aliphatic hydroxyl groups excluding tert-OH is 1. The van der Waals surface area contributed by atoms with Crippen LogP contribution in [-0.2, 0) is 0 Å². The van der Waals surface area contributed by atoms with Crippen molar-refractivity contribution < 1.29 is 24.6 Å². The van der Waals surface area contributed by atoms with Crippen LogP contribution in [0.4, 0.5) is 16.6 Å². The standard InChI is InChI=1S/C28H34N8O5/c1-33(2)26(39)21-9-17-11-30-27(32-24(17)36(21)20-5-3-4-6-20)31-22-8-7-16(10-29-22)25(38)34-12-18-14-35(28(40)41)15-19(13-34)23(18)37/h7-11,18-20,23,37H,3-6,12-15H2,1-2H3,(H,40,41)(H,29,30,31,32). The minimum absolute atomic E-state index is 0.0719. The molecule has 3 aromatic heterocycles. The van der Waals surface area contributed by atoms with Crippen molar-refractivity contribution in [3.8, 4) is 0 Å². The Morgan fingerprint density at radius 3 is 2.27 bits per heavy atom. The number of carboxylic acid groups (broad SMARTS) is 1. The molecule has 3 fully saturated rings. The molecule has 6 rings (SSSR count). The summed E-state index contributed by atoms with van der Waals surface area (Å²) >= 11 is 0. The Kier molecular flexibility index (Phi) is 6.98. The van der Waals surface area contributed by atoms with E-state index in [2.05, 4.69) is 15.3 Å². The van der Waals surface area contributed by atoms with Crippen molar-refractivity contribution >= 4 is 40.7 Å². The molecule has 2 unspecified atom stereocenters. The van der Waals surface area contributed by atoms with Crippen LogP contribution < -0.4 is 5.32 Å². The molecule has 0 spiro atoms. The van der Waals surface area contributed by atoms with E-state index < -0.39 is 12.2 Å². The second kappa shape index (κ2) is 10.6. The Hall–Kier alpha value is -4.26. The Labute approximate surface area is 236 Å². The summed E-state index contributed by atoms with van der Waals surface area (Å²) < 4.78 is 2.05. The number of aliphatic hydroxyl groups is 1. The van der Waals surface area contributed by atoms with Gasteiger partial charge in [0.2, 0.25) is 5.95 Å². The lowest BCUT2D eigenvalue weighted by atomic mass is 9.81. The van der Waals surface area contributed by atoms with Gasteiger partial charge in [0.1, 0.15) is 17.2 Å². The van der Waals surface area contributed by atoms with Gasteiger partial charge in [-0.25, -0.2) is 14.8 Å². The maximum atomic E-state index is 13.2. The number of hydrogen-bond donors (Lipinski definition) is 3. The second-order valence-electron chi connectivity index (χ2n) is 11.5. The lowest BCUT2D eigenvalue weighted by molar-refractivity contribution is -0.0633. The summed E-state index contributed by atoms with van der Waals surface area (Å²) in [7, 11) is 3.48. The zero-order valence-corrected chi connectivity index (χ0v) is 23.1. The number of amides is 3. The summed E-state index contributed by atoms with van der Waals surface area (Å²) in [5, 5.41) is 23.8. The average molecular weight is 563 g/mol. The highest BCUT2D eigenvalue weighted by Gasteiger charge is 2.44. The molecule has 3 N–H and O–H groups in total. The van der Waals surface area contributed by atoms with Crippen LogP contribution in [0.2, 0.25) is 0 Å². The van der Waals surface area contributed by atoms with Crippen LogP contribution in [-0.4, -0.2) is 109 Å². The van der Waals surface area contributed by atoms with E-state index >= 15 is 0 Å². The quantitative estimate of drug-likeness (QED) is 0.425. The van der Waals surface area contributed by atoms with Gasteiger partial charge in [-0.15, -0.1) is 0 Å². The highest BCUT2D eigenvalue weighted by molar-refractivity contribution is 5.98. The van der Waals surface area contributed by atoms with E-state index in [-0.39, 0.29) is 55.9 Å². The number of anilines is 2. The predicted octanol–water partition coefficient (Wildman–Crippen LogP) is 2.43. The molecule has 0 aromatic carbocycles. The second-order valence-corrected chi connectivity index (χ2v) is 11.5. The van der Waals surface area contributed by atoms with Gasteiger partial charge in [0.15, 0.2) is 0 Å². The number of nitrogens with one attached hydrogen (secondary N) is 1. The van der Waals surface area contributed by atoms with Crippen molar-refractivity contribution in [2.24, 2.45) is 11.8 Å². The van der Waals surface area contributed by atoms with Gasteiger partial charge < -0.3 is 34.8 Å². The first-order valence-corrected chi connectivity index (χ1v) is 14.0. The van der Waals surface area contributed by atoms with Crippen LogP contribution in [0.3, 0.4) is 0 Å². The molecule has 2 bridgehead atoms. The topological polar surface area (TPSA) is 157 Å². The molecule has 5 heterocycles. The third kappa shape index (κ3) is 5.05. The first-order valence-electron chi connectivity index (χ1n) is 14.0. The van der Waals surface area contributed by atoms with Crippen LogP contribution >= 0.6 is 0 Å². The monoisotopic (exact) mass is 562 g/mol. The summed E-state index contributed by atoms with van der Waals surface area (Å²) in [6, 6.07) is 5.42. The van der Waals surface area contributed by atoms with E-state index in [1.165, 1.54) is 11.1 Å². The highest BCUT2D eigenvalue weighted by atomic mass is 16.4. The number of rotatable bonds is 5. The zero-order chi connectivity index (χ0) is 28.8. The number of carbonyl (C=O) groups excluding carboxylic acids is 2. The first kappa shape index (κ1) is 26.9. The van der Waals surface area contributed by atoms with E-state index in [1.807, 2.05) is 10.6 Å². The van der Waals surface area contributed by atoms with Crippen molar-refractivity contribution in [1.82, 2.24) is 34.2 Å². The Bertz CT molecular complexity index is 1470. The van der Waals surface area contributed by atoms with Crippen molar-refractivity contribution in [2.75, 3.05) is 45.6 Å². The molecule has 216 valence electrons. The normalized spacial score (nSPS) is 22.7. The molecular formula is C28H34N8O5. The van der Waals surface area contributed by atoms with Gasteiger partial charge in [-0.2, -0.15) is 4.98 Å². The first-order chi connectivity index (χ1) is 19.7. The maximum absolute atomic E-state index is 13.2. The molecular weight excluding hydrogens is 528 g/mol. The van der Waals surface area contributed by atoms with E-state index in [0.29, 0.717) is 28.7 Å². The number of hydrogen-bond acceptors (Lipinski definition) is 8. The molecule has 2 saturated heterocycles. The number of piperidine rings is 2. The SMILES string of the molecule is CN(C)C(=O)c1cc2cnc(Nc3ccc(C(=O)N4CC5CN(C(=O)O)CC(C4)C5O)cn3)nc2n1C1CCCC1. The fourth-order valence-electron chi connectivity index (χ4n) is 6.42. The predicted molar refractivity (Wildman–Crippen MR) is 149 cm³/mol. The van der Waals surface area contributed by atoms with Crippen molar-refractivity contribution in [2.45, 2.75) is 37.8 Å². The van der Waals surface area contributed by atoms with Crippen LogP contribution in [0.5, 0.6) is 0 Å². The minimum Gasteiger partial charge on any atom is -0.465 e. The van der Waals surface area contributed by atoms with E-state index in [1.54, 1.807) is 42.2 Å². The minimum atomic E-state index is -1.00. The van der Waals surface area contributed by atoms with E-state index in [9.17, 15) is 24.6 Å². The summed E-state index contributed by atoms with van der Waals surface area (Å²) in [5.41, 5.74) is 1.71. The molecule has 41 heavy (non-hydrogen) atoms. The summed E-state index contributed by atoms with van der Waals surface area (Å²) in [5.74, 6) is -0.115. The fraction of sp³-hybridized carbons (Fsp3) is 0.500. The largest absolute Gasteiger partial charge is 0.465 e. The lowest BCUT2D eigenvalue weighted by Gasteiger charge is -2.48. The van der Waals surface area contributed by atoms with Crippen LogP contribution in [0.15, 0.2) is 30.6 Å². The molecule has 13 nitrogen and oxygen atoms in total. The molecule has 13 heteroatoms. The Morgan fingerprint density at radius 1 is 0.976 bits per heavy atom. The van der Waals surface area contributed by atoms with Gasteiger partial charge >= 0.3 is 6.09 Å². The maximum Gasteiger partial charge on any atom is 0.407 e. The van der Waals surface area contributed by atoms with Gasteiger partial charge in [0.05, 0.1) is 11.7 Å². The number of pyridine rings is 1. The molecule has 3 aromatic rings. The van der Waals surface area contributed by atoms with Crippen LogP contribution in [0.1, 0.15) is 52.6 Å².